The van der Waals surface area contributed by atoms with Gasteiger partial charge in [0.15, 0.2) is 0 Å². The van der Waals surface area contributed by atoms with Gasteiger partial charge in [0.05, 0.1) is 34.4 Å². The van der Waals surface area contributed by atoms with Gasteiger partial charge < -0.3 is 9.30 Å². The number of carbonyl (C=O) groups is 1. The van der Waals surface area contributed by atoms with Crippen molar-refractivity contribution in [1.82, 2.24) is 9.55 Å². The Labute approximate surface area is 201 Å². The zero-order valence-electron chi connectivity index (χ0n) is 16.7. The Morgan fingerprint density at radius 1 is 1.27 bits per heavy atom. The maximum atomic E-state index is 13.3. The zero-order chi connectivity index (χ0) is 20.5. The average molecular weight is 496 g/mol. The summed E-state index contributed by atoms with van der Waals surface area (Å²) in [6.07, 6.45) is 4.26. The molecule has 3 aromatic rings. The summed E-state index contributed by atoms with van der Waals surface area (Å²) in [6, 6.07) is 9.37. The number of cyclic esters (lactones) is 1. The second kappa shape index (κ2) is 7.47. The molecule has 0 saturated carbocycles. The standard InChI is InChI=1S/C22H19N2O4S.Y/c1-4-22(2)15-9-17-18-13(10-24(17)20(25)14(15)11-28-21(22)26)19(29(3)27)12-7-5-6-8-16(12)23-18;/h5-9H,3-4,10-11H2,1-2H3;/q-1;/t22-,29?;/m1./s1. The third-order valence-electron chi connectivity index (χ3n) is 6.23. The van der Waals surface area contributed by atoms with Gasteiger partial charge in [-0.15, -0.1) is 10.8 Å². The summed E-state index contributed by atoms with van der Waals surface area (Å²) in [6.45, 7) is 3.97. The molecule has 1 radical (unpaired) electrons. The van der Waals surface area contributed by atoms with Gasteiger partial charge in [0, 0.05) is 48.6 Å². The second-order valence-corrected chi connectivity index (χ2v) is 8.80. The molecule has 0 spiro atoms. The van der Waals surface area contributed by atoms with Crippen molar-refractivity contribution in [2.75, 3.05) is 0 Å². The van der Waals surface area contributed by atoms with E-state index in [4.69, 9.17) is 9.72 Å². The van der Waals surface area contributed by atoms with E-state index >= 15 is 0 Å². The minimum absolute atomic E-state index is 0. The SMILES string of the molecule is [CH2-]S(=O)c1c2c(nc3ccccc13)-c1cc3c(c(=O)n1C2)COC(=O)[C@]3(C)CC.[Y]. The summed E-state index contributed by atoms with van der Waals surface area (Å²) in [7, 11) is -1.49. The first-order valence-corrected chi connectivity index (χ1v) is 10.8. The maximum Gasteiger partial charge on any atom is 0.316 e. The molecule has 0 fully saturated rings. The number of para-hydroxylation sites is 1. The topological polar surface area (TPSA) is 78.3 Å². The fraction of sp³-hybridized carbons (Fsp3) is 0.273. The van der Waals surface area contributed by atoms with Crippen LogP contribution >= 0.6 is 0 Å². The average Bonchev–Trinajstić information content (AvgIpc) is 3.07. The van der Waals surface area contributed by atoms with Crippen LogP contribution in [0, 0.1) is 6.26 Å². The number of pyridine rings is 2. The number of rotatable bonds is 2. The quantitative estimate of drug-likeness (QED) is 0.315. The number of nitrogens with zero attached hydrogens (tertiary/aromatic N) is 2. The molecule has 1 aromatic carbocycles. The first-order valence-electron chi connectivity index (χ1n) is 9.44. The fourth-order valence-electron chi connectivity index (χ4n) is 4.41. The molecule has 30 heavy (non-hydrogen) atoms. The van der Waals surface area contributed by atoms with Crippen molar-refractivity contribution in [3.05, 3.63) is 63.6 Å². The smallest absolute Gasteiger partial charge is 0.316 e. The summed E-state index contributed by atoms with van der Waals surface area (Å²) in [4.78, 5) is 31.2. The number of esters is 1. The molecule has 2 aliphatic rings. The zero-order valence-corrected chi connectivity index (χ0v) is 20.4. The molecule has 0 N–H and O–H groups in total. The van der Waals surface area contributed by atoms with Gasteiger partial charge in [0.2, 0.25) is 0 Å². The van der Waals surface area contributed by atoms with Gasteiger partial charge in [0.25, 0.3) is 5.56 Å². The van der Waals surface area contributed by atoms with E-state index in [1.165, 1.54) is 0 Å². The van der Waals surface area contributed by atoms with Gasteiger partial charge >= 0.3 is 5.97 Å². The summed E-state index contributed by atoms with van der Waals surface area (Å²) in [5.41, 5.74) is 2.88. The van der Waals surface area contributed by atoms with Crippen molar-refractivity contribution in [3.63, 3.8) is 0 Å². The number of aromatic nitrogens is 2. The van der Waals surface area contributed by atoms with E-state index in [1.807, 2.05) is 44.2 Å². The predicted molar refractivity (Wildman–Crippen MR) is 110 cm³/mol. The number of carbonyl (C=O) groups excluding carboxylic acids is 1. The van der Waals surface area contributed by atoms with Gasteiger partial charge in [0.1, 0.15) is 6.61 Å². The molecular formula is C22H19N2O4SY-. The molecule has 0 aliphatic carbocycles. The Bertz CT molecular complexity index is 1320. The van der Waals surface area contributed by atoms with Gasteiger partial charge in [-0.2, -0.15) is 0 Å². The number of ether oxygens (including phenoxy) is 1. The minimum atomic E-state index is -1.49. The number of hydrogen-bond donors (Lipinski definition) is 0. The minimum Gasteiger partial charge on any atom is -0.460 e. The number of benzene rings is 1. The van der Waals surface area contributed by atoms with Gasteiger partial charge in [-0.25, -0.2) is 11.2 Å². The molecule has 2 atom stereocenters. The molecule has 0 bridgehead atoms. The van der Waals surface area contributed by atoms with Crippen LogP contribution in [0.15, 0.2) is 40.0 Å². The van der Waals surface area contributed by atoms with E-state index in [2.05, 4.69) is 6.26 Å². The fourth-order valence-corrected chi connectivity index (χ4v) is 5.27. The van der Waals surface area contributed by atoms with Crippen molar-refractivity contribution < 1.29 is 46.4 Å². The first-order chi connectivity index (χ1) is 13.9. The summed E-state index contributed by atoms with van der Waals surface area (Å²) in [5, 5.41) is 0.780. The number of hydrogen-bond acceptors (Lipinski definition) is 5. The summed E-state index contributed by atoms with van der Waals surface area (Å²) >= 11 is 0. The molecule has 2 aliphatic heterocycles. The van der Waals surface area contributed by atoms with Crippen molar-refractivity contribution in [3.8, 4) is 11.4 Å². The van der Waals surface area contributed by atoms with E-state index in [0.29, 0.717) is 39.3 Å². The largest absolute Gasteiger partial charge is 0.460 e. The molecule has 6 nitrogen and oxygen atoms in total. The number of fused-ring (bicyclic) bond motifs is 5. The third kappa shape index (κ3) is 2.82. The normalized spacial score (nSPS) is 20.0. The van der Waals surface area contributed by atoms with E-state index in [1.54, 1.807) is 4.57 Å². The third-order valence-corrected chi connectivity index (χ3v) is 7.15. The van der Waals surface area contributed by atoms with E-state index < -0.39 is 16.2 Å². The van der Waals surface area contributed by atoms with Crippen molar-refractivity contribution in [2.24, 2.45) is 0 Å². The van der Waals surface area contributed by atoms with E-state index in [9.17, 15) is 13.8 Å². The first kappa shape index (κ1) is 21.5. The van der Waals surface area contributed by atoms with Crippen LogP contribution in [0.1, 0.15) is 37.0 Å². The molecule has 8 heteroatoms. The van der Waals surface area contributed by atoms with Gasteiger partial charge in [-0.1, -0.05) is 25.1 Å². The van der Waals surface area contributed by atoms with Crippen LogP contribution in [0.4, 0.5) is 0 Å². The molecule has 5 rings (SSSR count). The molecule has 0 saturated heterocycles. The van der Waals surface area contributed by atoms with Crippen LogP contribution in [0.25, 0.3) is 22.3 Å². The van der Waals surface area contributed by atoms with Crippen LogP contribution in [-0.2, 0) is 71.6 Å². The second-order valence-electron chi connectivity index (χ2n) is 7.71. The Morgan fingerprint density at radius 3 is 2.70 bits per heavy atom. The van der Waals surface area contributed by atoms with E-state index in [-0.39, 0.29) is 57.4 Å². The Kier molecular flexibility index (Phi) is 5.36. The summed E-state index contributed by atoms with van der Waals surface area (Å²) in [5.74, 6) is -0.318. The summed E-state index contributed by atoms with van der Waals surface area (Å²) < 4.78 is 19.5. The molecule has 151 valence electrons. The van der Waals surface area contributed by atoms with Crippen LogP contribution in [-0.4, -0.2) is 19.7 Å². The Hall–Kier alpha value is -1.70. The van der Waals surface area contributed by atoms with Crippen molar-refractivity contribution in [1.29, 1.82) is 0 Å². The predicted octanol–water partition coefficient (Wildman–Crippen LogP) is 3.05. The Balaban J connectivity index is 0.00000218. The van der Waals surface area contributed by atoms with Gasteiger partial charge in [-0.05, 0) is 31.0 Å². The molecule has 2 aromatic heterocycles. The van der Waals surface area contributed by atoms with Crippen LogP contribution < -0.4 is 5.56 Å². The van der Waals surface area contributed by atoms with Crippen LogP contribution in [0.2, 0.25) is 0 Å². The Morgan fingerprint density at radius 2 is 2.00 bits per heavy atom. The maximum absolute atomic E-state index is 13.3. The van der Waals surface area contributed by atoms with Crippen molar-refractivity contribution in [2.45, 2.75) is 43.7 Å². The molecule has 0 amide bonds. The van der Waals surface area contributed by atoms with Crippen LogP contribution in [0.3, 0.4) is 0 Å². The molecule has 1 unspecified atom stereocenters. The molecule has 4 heterocycles. The monoisotopic (exact) mass is 496 g/mol. The van der Waals surface area contributed by atoms with Gasteiger partial charge in [-0.3, -0.25) is 13.8 Å². The molecular weight excluding hydrogens is 477 g/mol. The van der Waals surface area contributed by atoms with Crippen LogP contribution in [0.5, 0.6) is 0 Å². The van der Waals surface area contributed by atoms with Crippen molar-refractivity contribution >= 4 is 27.7 Å². The van der Waals surface area contributed by atoms with E-state index in [0.717, 1.165) is 10.9 Å².